The summed E-state index contributed by atoms with van der Waals surface area (Å²) in [4.78, 5) is 4.24. The molecular formula is C15H16FN3O. The van der Waals surface area contributed by atoms with Gasteiger partial charge in [-0.05, 0) is 31.0 Å². The standard InChI is InChI=1S/C15H16FN3O/c16-9-1-4-14-11(5-9)12(17)6-15(20-14)13-7-18-8-19(13)10-2-3-10/h1,4-5,7-8,10,12,15H,2-3,6,17H2. The van der Waals surface area contributed by atoms with Gasteiger partial charge in [0.05, 0.1) is 18.2 Å². The number of benzene rings is 1. The Morgan fingerprint density at radius 1 is 1.35 bits per heavy atom. The third-order valence-corrected chi connectivity index (χ3v) is 4.07. The number of nitrogens with two attached hydrogens (primary N) is 1. The van der Waals surface area contributed by atoms with Crippen molar-refractivity contribution in [2.75, 3.05) is 0 Å². The first kappa shape index (κ1) is 11.9. The minimum absolute atomic E-state index is 0.105. The van der Waals surface area contributed by atoms with Crippen LogP contribution in [0.4, 0.5) is 4.39 Å². The molecule has 104 valence electrons. The molecule has 0 saturated heterocycles. The van der Waals surface area contributed by atoms with Crippen LogP contribution in [0.2, 0.25) is 0 Å². The Balaban J connectivity index is 1.68. The molecule has 2 atom stereocenters. The van der Waals surface area contributed by atoms with Crippen LogP contribution >= 0.6 is 0 Å². The molecule has 2 N–H and O–H groups in total. The third kappa shape index (κ3) is 1.89. The second-order valence-corrected chi connectivity index (χ2v) is 5.59. The van der Waals surface area contributed by atoms with Crippen LogP contribution in [-0.2, 0) is 0 Å². The number of ether oxygens (including phenoxy) is 1. The van der Waals surface area contributed by atoms with Crippen LogP contribution in [-0.4, -0.2) is 9.55 Å². The van der Waals surface area contributed by atoms with Gasteiger partial charge < -0.3 is 15.0 Å². The predicted molar refractivity (Wildman–Crippen MR) is 71.8 cm³/mol. The van der Waals surface area contributed by atoms with Crippen LogP contribution in [0, 0.1) is 5.82 Å². The summed E-state index contributed by atoms with van der Waals surface area (Å²) >= 11 is 0. The Labute approximate surface area is 116 Å². The van der Waals surface area contributed by atoms with Gasteiger partial charge in [-0.1, -0.05) is 0 Å². The molecule has 0 amide bonds. The summed E-state index contributed by atoms with van der Waals surface area (Å²) in [6.07, 6.45) is 6.65. The lowest BCUT2D eigenvalue weighted by atomic mass is 9.96. The third-order valence-electron chi connectivity index (χ3n) is 4.07. The molecule has 4 rings (SSSR count). The maximum Gasteiger partial charge on any atom is 0.142 e. The van der Waals surface area contributed by atoms with Crippen molar-refractivity contribution in [3.05, 3.63) is 47.8 Å². The van der Waals surface area contributed by atoms with Gasteiger partial charge in [0.15, 0.2) is 0 Å². The zero-order valence-electron chi connectivity index (χ0n) is 11.0. The molecule has 2 aliphatic rings. The number of imidazole rings is 1. The van der Waals surface area contributed by atoms with E-state index in [1.165, 1.54) is 25.0 Å². The second kappa shape index (κ2) is 4.31. The highest BCUT2D eigenvalue weighted by molar-refractivity contribution is 5.39. The van der Waals surface area contributed by atoms with Gasteiger partial charge in [-0.25, -0.2) is 9.37 Å². The fraction of sp³-hybridized carbons (Fsp3) is 0.400. The highest BCUT2D eigenvalue weighted by atomic mass is 19.1. The number of fused-ring (bicyclic) bond motifs is 1. The molecule has 1 saturated carbocycles. The van der Waals surface area contributed by atoms with E-state index < -0.39 is 0 Å². The maximum absolute atomic E-state index is 13.3. The molecule has 1 aliphatic heterocycles. The van der Waals surface area contributed by atoms with Gasteiger partial charge in [-0.3, -0.25) is 0 Å². The highest BCUT2D eigenvalue weighted by Crippen LogP contribution is 2.43. The molecule has 0 radical (unpaired) electrons. The van der Waals surface area contributed by atoms with Gasteiger partial charge >= 0.3 is 0 Å². The molecule has 20 heavy (non-hydrogen) atoms. The minimum atomic E-state index is -0.274. The molecule has 1 aromatic heterocycles. The topological polar surface area (TPSA) is 53.1 Å². The van der Waals surface area contributed by atoms with Crippen molar-refractivity contribution in [3.8, 4) is 5.75 Å². The molecule has 1 fully saturated rings. The minimum Gasteiger partial charge on any atom is -0.484 e. The molecule has 1 aromatic carbocycles. The van der Waals surface area contributed by atoms with E-state index in [4.69, 9.17) is 10.5 Å². The summed E-state index contributed by atoms with van der Waals surface area (Å²) in [6, 6.07) is 4.89. The summed E-state index contributed by atoms with van der Waals surface area (Å²) < 4.78 is 21.5. The molecule has 4 nitrogen and oxygen atoms in total. The van der Waals surface area contributed by atoms with Crippen molar-refractivity contribution in [2.24, 2.45) is 5.73 Å². The van der Waals surface area contributed by atoms with Crippen molar-refractivity contribution in [3.63, 3.8) is 0 Å². The quantitative estimate of drug-likeness (QED) is 0.915. The fourth-order valence-corrected chi connectivity index (χ4v) is 2.88. The molecule has 0 bridgehead atoms. The fourth-order valence-electron chi connectivity index (χ4n) is 2.88. The number of aromatic nitrogens is 2. The van der Waals surface area contributed by atoms with E-state index in [0.29, 0.717) is 18.2 Å². The first-order valence-electron chi connectivity index (χ1n) is 6.96. The van der Waals surface area contributed by atoms with Crippen molar-refractivity contribution < 1.29 is 9.13 Å². The van der Waals surface area contributed by atoms with Crippen LogP contribution in [0.25, 0.3) is 0 Å². The van der Waals surface area contributed by atoms with Gasteiger partial charge in [0.2, 0.25) is 0 Å². The summed E-state index contributed by atoms with van der Waals surface area (Å²) in [7, 11) is 0. The average Bonchev–Trinajstić information content (AvgIpc) is 3.17. The van der Waals surface area contributed by atoms with Crippen molar-refractivity contribution >= 4 is 0 Å². The van der Waals surface area contributed by atoms with Crippen LogP contribution in [0.5, 0.6) is 5.75 Å². The lowest BCUT2D eigenvalue weighted by Crippen LogP contribution is -2.25. The molecule has 2 unspecified atom stereocenters. The zero-order valence-corrected chi connectivity index (χ0v) is 11.0. The molecular weight excluding hydrogens is 257 g/mol. The highest BCUT2D eigenvalue weighted by Gasteiger charge is 2.33. The number of hydrogen-bond acceptors (Lipinski definition) is 3. The van der Waals surface area contributed by atoms with Gasteiger partial charge in [-0.2, -0.15) is 0 Å². The van der Waals surface area contributed by atoms with E-state index in [0.717, 1.165) is 11.3 Å². The maximum atomic E-state index is 13.3. The van der Waals surface area contributed by atoms with Crippen LogP contribution in [0.1, 0.15) is 48.7 Å². The predicted octanol–water partition coefficient (Wildman–Crippen LogP) is 2.88. The van der Waals surface area contributed by atoms with Crippen molar-refractivity contribution in [2.45, 2.75) is 37.5 Å². The number of nitrogens with zero attached hydrogens (tertiary/aromatic N) is 2. The van der Waals surface area contributed by atoms with E-state index in [1.807, 2.05) is 12.5 Å². The summed E-state index contributed by atoms with van der Waals surface area (Å²) in [5.41, 5.74) is 7.99. The smallest absolute Gasteiger partial charge is 0.142 e. The SMILES string of the molecule is NC1CC(c2cncn2C2CC2)Oc2ccc(F)cc21. The zero-order chi connectivity index (χ0) is 13.7. The molecule has 1 aliphatic carbocycles. The van der Waals surface area contributed by atoms with Gasteiger partial charge in [0.1, 0.15) is 17.7 Å². The Morgan fingerprint density at radius 3 is 3.00 bits per heavy atom. The van der Waals surface area contributed by atoms with E-state index >= 15 is 0 Å². The van der Waals surface area contributed by atoms with E-state index in [9.17, 15) is 4.39 Å². The van der Waals surface area contributed by atoms with Crippen LogP contribution in [0.15, 0.2) is 30.7 Å². The van der Waals surface area contributed by atoms with E-state index in [1.54, 1.807) is 6.07 Å². The summed E-state index contributed by atoms with van der Waals surface area (Å²) in [5, 5.41) is 0. The van der Waals surface area contributed by atoms with Crippen molar-refractivity contribution in [1.29, 1.82) is 0 Å². The molecule has 0 spiro atoms. The molecule has 2 aromatic rings. The van der Waals surface area contributed by atoms with E-state index in [-0.39, 0.29) is 18.0 Å². The van der Waals surface area contributed by atoms with Crippen LogP contribution < -0.4 is 10.5 Å². The van der Waals surface area contributed by atoms with Crippen molar-refractivity contribution in [1.82, 2.24) is 9.55 Å². The van der Waals surface area contributed by atoms with Gasteiger partial charge in [-0.15, -0.1) is 0 Å². The Hall–Kier alpha value is -1.88. The van der Waals surface area contributed by atoms with Crippen LogP contribution in [0.3, 0.4) is 0 Å². The number of rotatable bonds is 2. The first-order chi connectivity index (χ1) is 9.72. The van der Waals surface area contributed by atoms with Gasteiger partial charge in [0, 0.05) is 24.1 Å². The molecule has 5 heteroatoms. The number of halogens is 1. The monoisotopic (exact) mass is 273 g/mol. The van der Waals surface area contributed by atoms with E-state index in [2.05, 4.69) is 9.55 Å². The number of hydrogen-bond donors (Lipinski definition) is 1. The summed E-state index contributed by atoms with van der Waals surface area (Å²) in [5.74, 6) is 0.406. The second-order valence-electron chi connectivity index (χ2n) is 5.59. The van der Waals surface area contributed by atoms with Gasteiger partial charge in [0.25, 0.3) is 0 Å². The lowest BCUT2D eigenvalue weighted by Gasteiger charge is -2.30. The Bertz CT molecular complexity index is 650. The molecule has 2 heterocycles. The first-order valence-corrected chi connectivity index (χ1v) is 6.96. The average molecular weight is 273 g/mol. The Morgan fingerprint density at radius 2 is 2.20 bits per heavy atom. The Kier molecular flexibility index (Phi) is 2.57. The lowest BCUT2D eigenvalue weighted by molar-refractivity contribution is 0.152. The summed E-state index contributed by atoms with van der Waals surface area (Å²) in [6.45, 7) is 0. The largest absolute Gasteiger partial charge is 0.484 e. The normalized spacial score (nSPS) is 25.1.